The van der Waals surface area contributed by atoms with Crippen LogP contribution in [0.15, 0.2) is 46.7 Å². The maximum absolute atomic E-state index is 12.6. The summed E-state index contributed by atoms with van der Waals surface area (Å²) in [7, 11) is 0. The van der Waals surface area contributed by atoms with Gasteiger partial charge in [-0.05, 0) is 30.0 Å². The average molecular weight is 355 g/mol. The van der Waals surface area contributed by atoms with Crippen LogP contribution in [0.2, 0.25) is 0 Å². The predicted molar refractivity (Wildman–Crippen MR) is 96.1 cm³/mol. The quantitative estimate of drug-likeness (QED) is 0.853. The SMILES string of the molecule is Cl.N[C@@H]1CCN(C(=O)c2ccccc2SCc2cccs2)C1. The van der Waals surface area contributed by atoms with Crippen LogP contribution in [0.3, 0.4) is 0 Å². The van der Waals surface area contributed by atoms with Crippen LogP contribution in [0, 0.1) is 0 Å². The molecule has 1 saturated heterocycles. The molecule has 0 unspecified atom stereocenters. The van der Waals surface area contributed by atoms with Gasteiger partial charge in [0.25, 0.3) is 5.91 Å². The molecule has 22 heavy (non-hydrogen) atoms. The second-order valence-electron chi connectivity index (χ2n) is 5.16. The van der Waals surface area contributed by atoms with Crippen LogP contribution < -0.4 is 5.73 Å². The summed E-state index contributed by atoms with van der Waals surface area (Å²) in [5, 5.41) is 2.08. The van der Waals surface area contributed by atoms with Gasteiger partial charge in [0, 0.05) is 34.7 Å². The third-order valence-electron chi connectivity index (χ3n) is 3.58. The first kappa shape index (κ1) is 17.3. The fourth-order valence-corrected chi connectivity index (χ4v) is 4.27. The second kappa shape index (κ2) is 8.02. The van der Waals surface area contributed by atoms with Gasteiger partial charge in [0.15, 0.2) is 0 Å². The molecule has 1 aromatic heterocycles. The van der Waals surface area contributed by atoms with E-state index in [9.17, 15) is 4.79 Å². The molecule has 0 bridgehead atoms. The number of carbonyl (C=O) groups excluding carboxylic acids is 1. The molecule has 118 valence electrons. The molecule has 0 radical (unpaired) electrons. The lowest BCUT2D eigenvalue weighted by molar-refractivity contribution is 0.0787. The molecule has 3 nitrogen and oxygen atoms in total. The number of benzene rings is 1. The summed E-state index contributed by atoms with van der Waals surface area (Å²) in [6, 6.07) is 12.2. The summed E-state index contributed by atoms with van der Waals surface area (Å²) in [4.78, 5) is 16.9. The molecular formula is C16H19ClN2OS2. The standard InChI is InChI=1S/C16H18N2OS2.ClH/c17-12-7-8-18(10-12)16(19)14-5-1-2-6-15(14)21-11-13-4-3-9-20-13;/h1-6,9,12H,7-8,10-11,17H2;1H/t12-;/m1./s1. The first-order chi connectivity index (χ1) is 10.2. The smallest absolute Gasteiger partial charge is 0.255 e. The largest absolute Gasteiger partial charge is 0.337 e. The number of thiophene rings is 1. The van der Waals surface area contributed by atoms with Gasteiger partial charge in [-0.2, -0.15) is 0 Å². The molecule has 3 rings (SSSR count). The van der Waals surface area contributed by atoms with E-state index < -0.39 is 0 Å². The van der Waals surface area contributed by atoms with Crippen LogP contribution >= 0.6 is 35.5 Å². The van der Waals surface area contributed by atoms with Crippen LogP contribution in [-0.2, 0) is 5.75 Å². The van der Waals surface area contributed by atoms with E-state index in [0.717, 1.165) is 29.2 Å². The molecule has 0 spiro atoms. The van der Waals surface area contributed by atoms with Gasteiger partial charge in [-0.3, -0.25) is 4.79 Å². The molecule has 1 amide bonds. The van der Waals surface area contributed by atoms with Gasteiger partial charge in [0.2, 0.25) is 0 Å². The van der Waals surface area contributed by atoms with Crippen LogP contribution in [-0.4, -0.2) is 29.9 Å². The summed E-state index contributed by atoms with van der Waals surface area (Å²) in [6.45, 7) is 1.44. The number of nitrogens with zero attached hydrogens (tertiary/aromatic N) is 1. The van der Waals surface area contributed by atoms with E-state index in [1.807, 2.05) is 29.2 Å². The van der Waals surface area contributed by atoms with Crippen molar-refractivity contribution in [2.75, 3.05) is 13.1 Å². The Labute approximate surface area is 145 Å². The minimum Gasteiger partial charge on any atom is -0.337 e. The van der Waals surface area contributed by atoms with Crippen molar-refractivity contribution in [3.05, 3.63) is 52.2 Å². The van der Waals surface area contributed by atoms with Crippen molar-refractivity contribution >= 4 is 41.4 Å². The number of carbonyl (C=O) groups is 1. The molecule has 2 aromatic rings. The number of hydrogen-bond acceptors (Lipinski definition) is 4. The maximum Gasteiger partial charge on any atom is 0.255 e. The molecule has 1 atom stereocenters. The van der Waals surface area contributed by atoms with Gasteiger partial charge in [-0.15, -0.1) is 35.5 Å². The lowest BCUT2D eigenvalue weighted by atomic mass is 10.2. The van der Waals surface area contributed by atoms with E-state index in [4.69, 9.17) is 5.73 Å². The number of likely N-dealkylation sites (tertiary alicyclic amines) is 1. The average Bonchev–Trinajstić information content (AvgIpc) is 3.16. The summed E-state index contributed by atoms with van der Waals surface area (Å²) in [5.74, 6) is 1.01. The molecule has 1 fully saturated rings. The van der Waals surface area contributed by atoms with Crippen molar-refractivity contribution in [2.24, 2.45) is 5.73 Å². The molecule has 2 N–H and O–H groups in total. The van der Waals surface area contributed by atoms with Crippen LogP contribution in [0.25, 0.3) is 0 Å². The highest BCUT2D eigenvalue weighted by atomic mass is 35.5. The molecule has 2 heterocycles. The van der Waals surface area contributed by atoms with Crippen molar-refractivity contribution in [3.63, 3.8) is 0 Å². The highest BCUT2D eigenvalue weighted by Crippen LogP contribution is 2.29. The first-order valence-corrected chi connectivity index (χ1v) is 8.89. The van der Waals surface area contributed by atoms with Crippen molar-refractivity contribution in [1.82, 2.24) is 4.90 Å². The minimum atomic E-state index is 0. The van der Waals surface area contributed by atoms with Gasteiger partial charge in [-0.1, -0.05) is 18.2 Å². The summed E-state index contributed by atoms with van der Waals surface area (Å²) >= 11 is 3.47. The van der Waals surface area contributed by atoms with E-state index in [-0.39, 0.29) is 24.4 Å². The summed E-state index contributed by atoms with van der Waals surface area (Å²) < 4.78 is 0. The van der Waals surface area contributed by atoms with Crippen molar-refractivity contribution in [2.45, 2.75) is 23.1 Å². The van der Waals surface area contributed by atoms with E-state index in [0.29, 0.717) is 6.54 Å². The predicted octanol–water partition coefficient (Wildman–Crippen LogP) is 3.64. The Hall–Kier alpha value is -1.01. The summed E-state index contributed by atoms with van der Waals surface area (Å²) in [5.41, 5.74) is 6.70. The van der Waals surface area contributed by atoms with Gasteiger partial charge in [0.1, 0.15) is 0 Å². The second-order valence-corrected chi connectivity index (χ2v) is 7.21. The van der Waals surface area contributed by atoms with Crippen molar-refractivity contribution < 1.29 is 4.79 Å². The maximum atomic E-state index is 12.6. The number of nitrogens with two attached hydrogens (primary N) is 1. The molecule has 6 heteroatoms. The van der Waals surface area contributed by atoms with E-state index >= 15 is 0 Å². The van der Waals surface area contributed by atoms with Crippen LogP contribution in [0.5, 0.6) is 0 Å². The Morgan fingerprint density at radius 1 is 1.32 bits per heavy atom. The Morgan fingerprint density at radius 3 is 2.82 bits per heavy atom. The summed E-state index contributed by atoms with van der Waals surface area (Å²) in [6.07, 6.45) is 0.899. The number of thioether (sulfide) groups is 1. The fourth-order valence-electron chi connectivity index (χ4n) is 2.45. The van der Waals surface area contributed by atoms with Gasteiger partial charge < -0.3 is 10.6 Å². The third-order valence-corrected chi connectivity index (χ3v) is 5.76. The van der Waals surface area contributed by atoms with E-state index in [1.165, 1.54) is 4.88 Å². The lowest BCUT2D eigenvalue weighted by Gasteiger charge is -2.17. The zero-order valence-corrected chi connectivity index (χ0v) is 14.6. The van der Waals surface area contributed by atoms with Crippen molar-refractivity contribution in [3.8, 4) is 0 Å². The zero-order valence-electron chi connectivity index (χ0n) is 12.1. The van der Waals surface area contributed by atoms with Gasteiger partial charge in [-0.25, -0.2) is 0 Å². The third kappa shape index (κ3) is 4.04. The Kier molecular flexibility index (Phi) is 6.32. The zero-order chi connectivity index (χ0) is 14.7. The monoisotopic (exact) mass is 354 g/mol. The number of halogens is 1. The highest BCUT2D eigenvalue weighted by molar-refractivity contribution is 7.98. The fraction of sp³-hybridized carbons (Fsp3) is 0.312. The van der Waals surface area contributed by atoms with E-state index in [1.54, 1.807) is 23.1 Å². The van der Waals surface area contributed by atoms with Crippen molar-refractivity contribution in [1.29, 1.82) is 0 Å². The molecular weight excluding hydrogens is 336 g/mol. The molecule has 1 aliphatic heterocycles. The number of rotatable bonds is 4. The minimum absolute atomic E-state index is 0. The number of hydrogen-bond donors (Lipinski definition) is 1. The van der Waals surface area contributed by atoms with E-state index in [2.05, 4.69) is 17.5 Å². The highest BCUT2D eigenvalue weighted by Gasteiger charge is 2.25. The normalized spacial score (nSPS) is 17.3. The molecule has 0 saturated carbocycles. The lowest BCUT2D eigenvalue weighted by Crippen LogP contribution is -2.32. The van der Waals surface area contributed by atoms with Gasteiger partial charge in [0.05, 0.1) is 5.56 Å². The van der Waals surface area contributed by atoms with Gasteiger partial charge >= 0.3 is 0 Å². The number of amides is 1. The Balaban J connectivity index is 0.00000176. The van der Waals surface area contributed by atoms with Crippen LogP contribution in [0.1, 0.15) is 21.7 Å². The first-order valence-electron chi connectivity index (χ1n) is 7.03. The topological polar surface area (TPSA) is 46.3 Å². The van der Waals surface area contributed by atoms with Crippen LogP contribution in [0.4, 0.5) is 0 Å². The molecule has 1 aromatic carbocycles. The molecule has 0 aliphatic carbocycles. The Morgan fingerprint density at radius 2 is 2.14 bits per heavy atom. The Bertz CT molecular complexity index is 618. The molecule has 1 aliphatic rings.